The van der Waals surface area contributed by atoms with E-state index in [-0.39, 0.29) is 5.91 Å². The molecule has 0 saturated carbocycles. The van der Waals surface area contributed by atoms with Crippen molar-refractivity contribution in [3.63, 3.8) is 0 Å². The Kier molecular flexibility index (Phi) is 4.90. The van der Waals surface area contributed by atoms with Crippen molar-refractivity contribution in [2.24, 2.45) is 0 Å². The van der Waals surface area contributed by atoms with Gasteiger partial charge < -0.3 is 5.32 Å². The Morgan fingerprint density at radius 1 is 0.968 bits per heavy atom. The van der Waals surface area contributed by atoms with Crippen LogP contribution in [0.25, 0.3) is 28.0 Å². The van der Waals surface area contributed by atoms with Gasteiger partial charge in [0, 0.05) is 48.5 Å². The molecular formula is C24H18N6O. The minimum atomic E-state index is -0.160. The lowest BCUT2D eigenvalue weighted by molar-refractivity contribution is 0.0952. The van der Waals surface area contributed by atoms with Crippen molar-refractivity contribution in [1.82, 2.24) is 29.8 Å². The zero-order valence-electron chi connectivity index (χ0n) is 16.5. The average Bonchev–Trinajstić information content (AvgIpc) is 3.38. The summed E-state index contributed by atoms with van der Waals surface area (Å²) in [6.45, 7) is 0.372. The molecule has 5 rings (SSSR count). The lowest BCUT2D eigenvalue weighted by Gasteiger charge is -2.11. The first kappa shape index (κ1) is 18.6. The number of hydrogen-bond acceptors (Lipinski definition) is 5. The molecule has 0 aliphatic carbocycles. The van der Waals surface area contributed by atoms with Crippen molar-refractivity contribution >= 4 is 16.8 Å². The third-order valence-corrected chi connectivity index (χ3v) is 4.97. The van der Waals surface area contributed by atoms with Crippen molar-refractivity contribution in [2.75, 3.05) is 0 Å². The molecule has 4 heterocycles. The van der Waals surface area contributed by atoms with E-state index < -0.39 is 0 Å². The second-order valence-electron chi connectivity index (χ2n) is 6.99. The predicted molar refractivity (Wildman–Crippen MR) is 118 cm³/mol. The molecule has 1 N–H and O–H groups in total. The van der Waals surface area contributed by atoms with E-state index in [0.717, 1.165) is 33.5 Å². The highest BCUT2D eigenvalue weighted by atomic mass is 16.1. The average molecular weight is 406 g/mol. The highest BCUT2D eigenvalue weighted by molar-refractivity contribution is 6.07. The Labute approximate surface area is 178 Å². The highest BCUT2D eigenvalue weighted by Gasteiger charge is 2.14. The molecule has 0 spiro atoms. The van der Waals surface area contributed by atoms with Crippen molar-refractivity contribution in [1.29, 1.82) is 0 Å². The number of rotatable bonds is 5. The van der Waals surface area contributed by atoms with E-state index >= 15 is 0 Å². The standard InChI is InChI=1S/C24H18N6O/c31-24(28-15-17-5-6-23(27-14-17)30-12-11-26-16-30)20-13-22(18-7-9-25-10-8-18)29-21-4-2-1-3-19(20)21/h1-14,16H,15H2,(H,28,31). The molecule has 0 aliphatic heterocycles. The summed E-state index contributed by atoms with van der Waals surface area (Å²) in [5.41, 5.74) is 3.91. The molecule has 0 saturated heterocycles. The molecule has 5 aromatic rings. The van der Waals surface area contributed by atoms with Crippen LogP contribution in [-0.2, 0) is 6.54 Å². The van der Waals surface area contributed by atoms with Crippen LogP contribution in [0, 0.1) is 0 Å². The number of amides is 1. The summed E-state index contributed by atoms with van der Waals surface area (Å²) in [6, 6.07) is 17.1. The first-order valence-electron chi connectivity index (χ1n) is 9.79. The summed E-state index contributed by atoms with van der Waals surface area (Å²) in [6.07, 6.45) is 10.4. The third-order valence-electron chi connectivity index (χ3n) is 4.97. The van der Waals surface area contributed by atoms with Gasteiger partial charge in [-0.25, -0.2) is 15.0 Å². The van der Waals surface area contributed by atoms with Gasteiger partial charge in [-0.3, -0.25) is 14.3 Å². The fraction of sp³-hybridized carbons (Fsp3) is 0.0417. The van der Waals surface area contributed by atoms with Gasteiger partial charge in [0.1, 0.15) is 12.1 Å². The van der Waals surface area contributed by atoms with Crippen molar-refractivity contribution in [3.8, 4) is 17.1 Å². The number of benzene rings is 1. The van der Waals surface area contributed by atoms with E-state index in [9.17, 15) is 4.79 Å². The van der Waals surface area contributed by atoms with Crippen molar-refractivity contribution < 1.29 is 4.79 Å². The van der Waals surface area contributed by atoms with Crippen LogP contribution in [0.5, 0.6) is 0 Å². The molecule has 31 heavy (non-hydrogen) atoms. The number of pyridine rings is 3. The SMILES string of the molecule is O=C(NCc1ccc(-n2ccnc2)nc1)c1cc(-c2ccncc2)nc2ccccc12. The number of hydrogen-bond donors (Lipinski definition) is 1. The summed E-state index contributed by atoms with van der Waals surface area (Å²) >= 11 is 0. The van der Waals surface area contributed by atoms with Crippen LogP contribution < -0.4 is 5.32 Å². The molecule has 1 aromatic carbocycles. The maximum atomic E-state index is 13.1. The van der Waals surface area contributed by atoms with E-state index in [0.29, 0.717) is 12.1 Å². The first-order valence-corrected chi connectivity index (χ1v) is 9.79. The number of fused-ring (bicyclic) bond motifs is 1. The van der Waals surface area contributed by atoms with Crippen molar-refractivity contribution in [3.05, 3.63) is 103 Å². The number of imidazole rings is 1. The Bertz CT molecular complexity index is 1330. The summed E-state index contributed by atoms with van der Waals surface area (Å²) < 4.78 is 1.83. The Balaban J connectivity index is 1.40. The molecule has 0 bridgehead atoms. The van der Waals surface area contributed by atoms with Crippen LogP contribution in [0.15, 0.2) is 91.9 Å². The molecule has 4 aromatic heterocycles. The number of carbonyl (C=O) groups is 1. The molecule has 150 valence electrons. The fourth-order valence-corrected chi connectivity index (χ4v) is 3.38. The summed E-state index contributed by atoms with van der Waals surface area (Å²) in [4.78, 5) is 30.3. The van der Waals surface area contributed by atoms with E-state index in [1.165, 1.54) is 0 Å². The number of para-hydroxylation sites is 1. The van der Waals surface area contributed by atoms with Crippen LogP contribution in [-0.4, -0.2) is 30.4 Å². The van der Waals surface area contributed by atoms with Crippen LogP contribution in [0.1, 0.15) is 15.9 Å². The molecule has 7 heteroatoms. The number of nitrogens with zero attached hydrogens (tertiary/aromatic N) is 5. The quantitative estimate of drug-likeness (QED) is 0.480. The van der Waals surface area contributed by atoms with Crippen molar-refractivity contribution in [2.45, 2.75) is 6.54 Å². The molecule has 0 atom stereocenters. The lowest BCUT2D eigenvalue weighted by atomic mass is 10.0. The van der Waals surface area contributed by atoms with Gasteiger partial charge in [-0.1, -0.05) is 24.3 Å². The van der Waals surface area contributed by atoms with Gasteiger partial charge in [-0.05, 0) is 35.9 Å². The van der Waals surface area contributed by atoms with Gasteiger partial charge in [0.15, 0.2) is 0 Å². The van der Waals surface area contributed by atoms with Gasteiger partial charge in [0.2, 0.25) is 0 Å². The van der Waals surface area contributed by atoms with Crippen LogP contribution in [0.2, 0.25) is 0 Å². The summed E-state index contributed by atoms with van der Waals surface area (Å²) in [5.74, 6) is 0.613. The van der Waals surface area contributed by atoms with Crippen LogP contribution in [0.3, 0.4) is 0 Å². The Morgan fingerprint density at radius 2 is 1.84 bits per heavy atom. The summed E-state index contributed by atoms with van der Waals surface area (Å²) in [7, 11) is 0. The molecule has 0 fully saturated rings. The Morgan fingerprint density at radius 3 is 2.61 bits per heavy atom. The minimum Gasteiger partial charge on any atom is -0.348 e. The minimum absolute atomic E-state index is 0.160. The monoisotopic (exact) mass is 406 g/mol. The smallest absolute Gasteiger partial charge is 0.252 e. The summed E-state index contributed by atoms with van der Waals surface area (Å²) in [5, 5.41) is 3.81. The van der Waals surface area contributed by atoms with E-state index in [4.69, 9.17) is 4.98 Å². The second-order valence-corrected chi connectivity index (χ2v) is 6.99. The molecule has 7 nitrogen and oxygen atoms in total. The van der Waals surface area contributed by atoms with Gasteiger partial charge in [0.05, 0.1) is 16.8 Å². The van der Waals surface area contributed by atoms with Crippen LogP contribution in [0.4, 0.5) is 0 Å². The number of aromatic nitrogens is 5. The topological polar surface area (TPSA) is 85.6 Å². The first-order chi connectivity index (χ1) is 15.3. The van der Waals surface area contributed by atoms with Gasteiger partial charge >= 0.3 is 0 Å². The fourth-order valence-electron chi connectivity index (χ4n) is 3.38. The Hall–Kier alpha value is -4.39. The van der Waals surface area contributed by atoms with E-state index in [1.807, 2.05) is 65.4 Å². The molecule has 0 aliphatic rings. The molecule has 1 amide bonds. The zero-order chi connectivity index (χ0) is 21.0. The number of carbonyl (C=O) groups excluding carboxylic acids is 1. The van der Waals surface area contributed by atoms with Gasteiger partial charge in [0.25, 0.3) is 5.91 Å². The highest BCUT2D eigenvalue weighted by Crippen LogP contribution is 2.24. The van der Waals surface area contributed by atoms with Crippen LogP contribution >= 0.6 is 0 Å². The normalized spacial score (nSPS) is 10.8. The van der Waals surface area contributed by atoms with Gasteiger partial charge in [-0.2, -0.15) is 0 Å². The maximum absolute atomic E-state index is 13.1. The number of nitrogens with one attached hydrogen (secondary N) is 1. The molecular weight excluding hydrogens is 388 g/mol. The third kappa shape index (κ3) is 3.89. The molecule has 0 unspecified atom stereocenters. The maximum Gasteiger partial charge on any atom is 0.252 e. The predicted octanol–water partition coefficient (Wildman–Crippen LogP) is 3.81. The van der Waals surface area contributed by atoms with E-state index in [1.54, 1.807) is 31.1 Å². The van der Waals surface area contributed by atoms with Gasteiger partial charge in [-0.15, -0.1) is 0 Å². The lowest BCUT2D eigenvalue weighted by Crippen LogP contribution is -2.23. The molecule has 0 radical (unpaired) electrons. The second kappa shape index (κ2) is 8.16. The zero-order valence-corrected chi connectivity index (χ0v) is 16.5. The van der Waals surface area contributed by atoms with E-state index in [2.05, 4.69) is 20.3 Å². The largest absolute Gasteiger partial charge is 0.348 e.